The average Bonchev–Trinajstić information content (AvgIpc) is 2.63. The van der Waals surface area contributed by atoms with Gasteiger partial charge in [-0.25, -0.2) is 0 Å². The number of benzene rings is 2. The molecule has 1 N–H and O–H groups in total. The van der Waals surface area contributed by atoms with Crippen molar-refractivity contribution in [1.29, 1.82) is 0 Å². The van der Waals surface area contributed by atoms with Crippen molar-refractivity contribution in [3.05, 3.63) is 90.4 Å². The van der Waals surface area contributed by atoms with Gasteiger partial charge in [0, 0.05) is 26.6 Å². The molecule has 0 aliphatic heterocycles. The van der Waals surface area contributed by atoms with Crippen molar-refractivity contribution in [2.24, 2.45) is 0 Å². The molecule has 0 spiro atoms. The van der Waals surface area contributed by atoms with E-state index in [9.17, 15) is 25.3 Å². The maximum atomic E-state index is 10.6. The van der Waals surface area contributed by atoms with E-state index in [4.69, 9.17) is 4.74 Å². The van der Waals surface area contributed by atoms with Crippen LogP contribution in [-0.4, -0.2) is 21.6 Å². The van der Waals surface area contributed by atoms with Gasteiger partial charge in [0.25, 0.3) is 0 Å². The van der Waals surface area contributed by atoms with Gasteiger partial charge in [0.15, 0.2) is 11.5 Å². The van der Waals surface area contributed by atoms with Crippen molar-refractivity contribution in [2.45, 2.75) is 6.42 Å². The Bertz CT molecular complexity index is 902. The molecule has 0 amide bonds. The minimum atomic E-state index is -0.618. The van der Waals surface area contributed by atoms with Crippen LogP contribution < -0.4 is 4.74 Å². The molecule has 2 aromatic rings. The van der Waals surface area contributed by atoms with Crippen LogP contribution in [0.5, 0.6) is 11.5 Å². The molecule has 0 aliphatic carbocycles. The van der Waals surface area contributed by atoms with Crippen LogP contribution in [0.2, 0.25) is 0 Å². The van der Waals surface area contributed by atoms with Crippen molar-refractivity contribution >= 4 is 43.2 Å². The molecule has 8 nitrogen and oxygen atoms in total. The van der Waals surface area contributed by atoms with Crippen LogP contribution >= 0.6 is 31.9 Å². The fourth-order valence-corrected chi connectivity index (χ4v) is 2.84. The Morgan fingerprint density at radius 1 is 1.00 bits per heavy atom. The number of allylic oxidation sites excluding steroid dienone is 1. The summed E-state index contributed by atoms with van der Waals surface area (Å²) in [5.41, 5.74) is 0.138. The minimum absolute atomic E-state index is 0.0544. The van der Waals surface area contributed by atoms with E-state index in [2.05, 4.69) is 45.0 Å². The third-order valence-corrected chi connectivity index (χ3v) is 4.12. The Labute approximate surface area is 177 Å². The number of aromatic hydroxyl groups is 1. The second-order valence-electron chi connectivity index (χ2n) is 5.15. The molecule has 0 saturated heterocycles. The highest BCUT2D eigenvalue weighted by atomic mass is 79.9. The quantitative estimate of drug-likeness (QED) is 0.286. The van der Waals surface area contributed by atoms with Gasteiger partial charge in [-0.2, -0.15) is 0 Å². The van der Waals surface area contributed by atoms with E-state index < -0.39 is 9.85 Å². The predicted octanol–water partition coefficient (Wildman–Crippen LogP) is 5.71. The average molecular weight is 516 g/mol. The van der Waals surface area contributed by atoms with E-state index in [1.165, 1.54) is 18.2 Å². The molecule has 2 rings (SSSR count). The molecule has 0 fully saturated rings. The van der Waals surface area contributed by atoms with Gasteiger partial charge in [-0.3, -0.25) is 20.2 Å². The van der Waals surface area contributed by atoms with Crippen LogP contribution in [0.4, 0.5) is 11.4 Å². The maximum absolute atomic E-state index is 10.6. The summed E-state index contributed by atoms with van der Waals surface area (Å²) < 4.78 is 6.34. The summed E-state index contributed by atoms with van der Waals surface area (Å²) in [6, 6.07) is 7.53. The van der Waals surface area contributed by atoms with Gasteiger partial charge < -0.3 is 9.84 Å². The van der Waals surface area contributed by atoms with Crippen LogP contribution in [0, 0.1) is 20.2 Å². The molecule has 28 heavy (non-hydrogen) atoms. The third-order valence-electron chi connectivity index (χ3n) is 3.17. The highest BCUT2D eigenvalue weighted by molar-refractivity contribution is 9.10. The monoisotopic (exact) mass is 514 g/mol. The highest BCUT2D eigenvalue weighted by Gasteiger charge is 2.17. The maximum Gasteiger partial charge on any atom is 0.312 e. The van der Waals surface area contributed by atoms with Gasteiger partial charge >= 0.3 is 11.4 Å². The zero-order chi connectivity index (χ0) is 21.3. The molecule has 0 heterocycles. The standard InChI is InChI=1S/2C9H8BrNO3/c1-2-5-14-9-4-3-7(10)6-8(9)11(12)13;1-2-3-6-4-7(10)5-8(9(6)12)11(13)14/h2-4,6H,1,5H2;2,4-5,12H,1,3H2. The number of halogens is 2. The Kier molecular flexibility index (Phi) is 9.33. The number of phenols is 1. The topological polar surface area (TPSA) is 116 Å². The van der Waals surface area contributed by atoms with Crippen LogP contribution in [0.15, 0.2) is 64.6 Å². The van der Waals surface area contributed by atoms with Crippen molar-refractivity contribution in [3.63, 3.8) is 0 Å². The Balaban J connectivity index is 0.000000280. The summed E-state index contributed by atoms with van der Waals surface area (Å²) in [4.78, 5) is 20.0. The van der Waals surface area contributed by atoms with E-state index in [1.807, 2.05) is 0 Å². The van der Waals surface area contributed by atoms with E-state index in [1.54, 1.807) is 24.3 Å². The van der Waals surface area contributed by atoms with Gasteiger partial charge in [-0.1, -0.05) is 50.6 Å². The fraction of sp³-hybridized carbons (Fsp3) is 0.111. The number of hydrogen-bond acceptors (Lipinski definition) is 6. The normalized spacial score (nSPS) is 9.64. The smallest absolute Gasteiger partial charge is 0.312 e. The van der Waals surface area contributed by atoms with Gasteiger partial charge in [0.2, 0.25) is 0 Å². The SMILES string of the molecule is C=CCOc1ccc(Br)cc1[N+](=O)[O-].C=CCc1cc(Br)cc([N+](=O)[O-])c1O. The molecule has 0 radical (unpaired) electrons. The molecule has 0 bridgehead atoms. The van der Waals surface area contributed by atoms with E-state index in [0.29, 0.717) is 20.9 Å². The molecule has 10 heteroatoms. The summed E-state index contributed by atoms with van der Waals surface area (Å²) in [6.45, 7) is 7.22. The molecular weight excluding hydrogens is 500 g/mol. The first-order valence-corrected chi connectivity index (χ1v) is 9.24. The molecular formula is C18H16Br2N2O6. The zero-order valence-electron chi connectivity index (χ0n) is 14.5. The van der Waals surface area contributed by atoms with Crippen LogP contribution in [0.25, 0.3) is 0 Å². The lowest BCUT2D eigenvalue weighted by Gasteiger charge is -2.03. The lowest BCUT2D eigenvalue weighted by Crippen LogP contribution is -1.97. The number of hydrogen-bond donors (Lipinski definition) is 1. The first kappa shape index (κ1) is 23.3. The van der Waals surface area contributed by atoms with Crippen LogP contribution in [0.3, 0.4) is 0 Å². The molecule has 0 atom stereocenters. The van der Waals surface area contributed by atoms with Gasteiger partial charge in [-0.15, -0.1) is 6.58 Å². The van der Waals surface area contributed by atoms with Crippen LogP contribution in [0.1, 0.15) is 5.56 Å². The number of nitro benzene ring substituents is 2. The molecule has 0 unspecified atom stereocenters. The number of phenolic OH excluding ortho intramolecular Hbond substituents is 1. The van der Waals surface area contributed by atoms with Crippen molar-refractivity contribution in [3.8, 4) is 11.5 Å². The molecule has 0 aliphatic rings. The third kappa shape index (κ3) is 6.78. The van der Waals surface area contributed by atoms with Crippen LogP contribution in [-0.2, 0) is 6.42 Å². The van der Waals surface area contributed by atoms with Crippen molar-refractivity contribution < 1.29 is 19.7 Å². The summed E-state index contributed by atoms with van der Waals surface area (Å²) in [5.74, 6) is -0.0452. The lowest BCUT2D eigenvalue weighted by atomic mass is 10.1. The van der Waals surface area contributed by atoms with Crippen molar-refractivity contribution in [1.82, 2.24) is 0 Å². The van der Waals surface area contributed by atoms with Gasteiger partial charge in [-0.05, 0) is 24.6 Å². The van der Waals surface area contributed by atoms with Crippen molar-refractivity contribution in [2.75, 3.05) is 6.61 Å². The minimum Gasteiger partial charge on any atom is -0.502 e. The second kappa shape index (κ2) is 11.2. The molecule has 0 saturated carbocycles. The Morgan fingerprint density at radius 3 is 2.14 bits per heavy atom. The molecule has 148 valence electrons. The second-order valence-corrected chi connectivity index (χ2v) is 6.98. The zero-order valence-corrected chi connectivity index (χ0v) is 17.7. The Hall–Kier alpha value is -2.72. The number of nitrogens with zero attached hydrogens (tertiary/aromatic N) is 2. The van der Waals surface area contributed by atoms with Gasteiger partial charge in [0.1, 0.15) is 6.61 Å². The largest absolute Gasteiger partial charge is 0.502 e. The molecule has 0 aromatic heterocycles. The van der Waals surface area contributed by atoms with E-state index >= 15 is 0 Å². The summed E-state index contributed by atoms with van der Waals surface area (Å²) in [6.07, 6.45) is 3.50. The highest BCUT2D eigenvalue weighted by Crippen LogP contribution is 2.33. The number of rotatable bonds is 7. The fourth-order valence-electron chi connectivity index (χ4n) is 1.99. The Morgan fingerprint density at radius 2 is 1.61 bits per heavy atom. The van der Waals surface area contributed by atoms with E-state index in [0.717, 1.165) is 0 Å². The number of nitro groups is 2. The molecule has 2 aromatic carbocycles. The summed E-state index contributed by atoms with van der Waals surface area (Å²) >= 11 is 6.29. The number of ether oxygens (including phenoxy) is 1. The first-order chi connectivity index (χ1) is 13.2. The lowest BCUT2D eigenvalue weighted by molar-refractivity contribution is -0.386. The van der Waals surface area contributed by atoms with E-state index in [-0.39, 0.29) is 29.5 Å². The van der Waals surface area contributed by atoms with Gasteiger partial charge in [0.05, 0.1) is 9.85 Å². The summed E-state index contributed by atoms with van der Waals surface area (Å²) in [7, 11) is 0. The first-order valence-electron chi connectivity index (χ1n) is 7.65. The summed E-state index contributed by atoms with van der Waals surface area (Å²) in [5, 5.41) is 30.6. The predicted molar refractivity (Wildman–Crippen MR) is 113 cm³/mol.